The van der Waals surface area contributed by atoms with Crippen molar-refractivity contribution in [3.8, 4) is 5.75 Å². The van der Waals surface area contributed by atoms with Gasteiger partial charge in [-0.2, -0.15) is 0 Å². The first-order chi connectivity index (χ1) is 13.4. The summed E-state index contributed by atoms with van der Waals surface area (Å²) in [7, 11) is 0. The molecule has 1 amide bonds. The van der Waals surface area contributed by atoms with Gasteiger partial charge in [-0.1, -0.05) is 45.4 Å². The molecule has 4 rings (SSSR count). The average Bonchev–Trinajstić information content (AvgIpc) is 3.06. The van der Waals surface area contributed by atoms with Crippen LogP contribution in [0.5, 0.6) is 5.75 Å². The molecular weight excluding hydrogens is 368 g/mol. The first-order valence-corrected chi connectivity index (χ1v) is 11.2. The maximum absolute atomic E-state index is 13.0. The largest absolute Gasteiger partial charge is 0.493 e. The van der Waals surface area contributed by atoms with Crippen LogP contribution in [0.4, 0.5) is 5.00 Å². The van der Waals surface area contributed by atoms with Crippen LogP contribution in [-0.4, -0.2) is 12.5 Å². The van der Waals surface area contributed by atoms with Crippen molar-refractivity contribution in [1.82, 2.24) is 5.32 Å². The van der Waals surface area contributed by atoms with E-state index in [4.69, 9.17) is 4.74 Å². The van der Waals surface area contributed by atoms with Crippen molar-refractivity contribution in [2.24, 2.45) is 11.3 Å². The van der Waals surface area contributed by atoms with E-state index >= 15 is 0 Å². The zero-order valence-corrected chi connectivity index (χ0v) is 18.0. The van der Waals surface area contributed by atoms with Crippen molar-refractivity contribution in [3.63, 3.8) is 0 Å². The van der Waals surface area contributed by atoms with Crippen molar-refractivity contribution in [2.45, 2.75) is 59.5 Å². The molecule has 2 aliphatic rings. The number of nitrogens with one attached hydrogen (secondary N) is 2. The van der Waals surface area contributed by atoms with Crippen molar-refractivity contribution in [1.29, 1.82) is 0 Å². The summed E-state index contributed by atoms with van der Waals surface area (Å²) in [5, 5.41) is 7.74. The number of fused-ring (bicyclic) bond motifs is 3. The second-order valence-corrected chi connectivity index (χ2v) is 9.62. The molecule has 0 bridgehead atoms. The van der Waals surface area contributed by atoms with E-state index in [1.807, 2.05) is 31.2 Å². The number of anilines is 1. The average molecular weight is 399 g/mol. The number of ether oxygens (including phenoxy) is 1. The van der Waals surface area contributed by atoms with Gasteiger partial charge in [0.15, 0.2) is 0 Å². The molecule has 2 heterocycles. The predicted molar refractivity (Wildman–Crippen MR) is 115 cm³/mol. The fourth-order valence-corrected chi connectivity index (χ4v) is 5.77. The lowest BCUT2D eigenvalue weighted by molar-refractivity contribution is 0.0934. The van der Waals surface area contributed by atoms with Crippen molar-refractivity contribution < 1.29 is 9.53 Å². The number of para-hydroxylation sites is 1. The summed E-state index contributed by atoms with van der Waals surface area (Å²) in [5.74, 6) is 1.54. The fraction of sp³-hybridized carbons (Fsp3) is 0.522. The smallest absolute Gasteiger partial charge is 0.256 e. The van der Waals surface area contributed by atoms with Gasteiger partial charge in [0.1, 0.15) is 16.9 Å². The molecular formula is C23H30N2O2S. The van der Waals surface area contributed by atoms with Gasteiger partial charge < -0.3 is 15.4 Å². The summed E-state index contributed by atoms with van der Waals surface area (Å²) in [6, 6.07) is 7.92. The summed E-state index contributed by atoms with van der Waals surface area (Å²) in [6.07, 6.45) is 4.19. The van der Waals surface area contributed by atoms with Crippen LogP contribution in [0.25, 0.3) is 0 Å². The molecule has 0 saturated heterocycles. The van der Waals surface area contributed by atoms with Crippen LogP contribution in [0.15, 0.2) is 24.3 Å². The van der Waals surface area contributed by atoms with Gasteiger partial charge in [-0.15, -0.1) is 11.3 Å². The number of carbonyl (C=O) groups is 1. The Morgan fingerprint density at radius 1 is 1.21 bits per heavy atom. The molecule has 1 aromatic carbocycles. The highest BCUT2D eigenvalue weighted by Gasteiger charge is 2.37. The summed E-state index contributed by atoms with van der Waals surface area (Å²) < 4.78 is 5.77. The molecule has 2 N–H and O–H groups in total. The number of thiophene rings is 1. The highest BCUT2D eigenvalue weighted by Crippen LogP contribution is 2.47. The Morgan fingerprint density at radius 3 is 2.75 bits per heavy atom. The Balaban J connectivity index is 1.64. The molecule has 4 nitrogen and oxygen atoms in total. The molecule has 2 aromatic rings. The molecule has 1 aliphatic heterocycles. The number of amides is 1. The lowest BCUT2D eigenvalue weighted by atomic mass is 9.69. The number of hydrogen-bond donors (Lipinski definition) is 2. The minimum absolute atomic E-state index is 0.0377. The van der Waals surface area contributed by atoms with E-state index in [0.29, 0.717) is 17.9 Å². The summed E-state index contributed by atoms with van der Waals surface area (Å²) in [4.78, 5) is 14.4. The molecule has 1 aromatic heterocycles. The predicted octanol–water partition coefficient (Wildman–Crippen LogP) is 5.54. The Labute approximate surface area is 171 Å². The van der Waals surface area contributed by atoms with E-state index in [2.05, 4.69) is 31.4 Å². The van der Waals surface area contributed by atoms with Crippen LogP contribution >= 0.6 is 11.3 Å². The lowest BCUT2D eigenvalue weighted by Gasteiger charge is -2.36. The molecule has 0 unspecified atom stereocenters. The standard InChI is InChI=1S/C23H30N2O2S/c1-5-23(3,4)14-11-12-16-18(13-14)28-22-19(16)21(26)24-20(25-22)15-9-7-8-10-17(15)27-6-2/h7-10,14,20,25H,5-6,11-13H2,1-4H3,(H,24,26)/t14-,20-/m0/s1. The van der Waals surface area contributed by atoms with Crippen LogP contribution in [0.2, 0.25) is 0 Å². The summed E-state index contributed by atoms with van der Waals surface area (Å²) >= 11 is 1.78. The van der Waals surface area contributed by atoms with Gasteiger partial charge in [-0.25, -0.2) is 0 Å². The maximum Gasteiger partial charge on any atom is 0.256 e. The van der Waals surface area contributed by atoms with Crippen molar-refractivity contribution >= 4 is 22.2 Å². The number of hydrogen-bond acceptors (Lipinski definition) is 4. The van der Waals surface area contributed by atoms with Crippen LogP contribution in [-0.2, 0) is 12.8 Å². The third kappa shape index (κ3) is 3.30. The summed E-state index contributed by atoms with van der Waals surface area (Å²) in [5.41, 5.74) is 3.46. The van der Waals surface area contributed by atoms with E-state index in [1.54, 1.807) is 11.3 Å². The van der Waals surface area contributed by atoms with Crippen LogP contribution in [0, 0.1) is 11.3 Å². The van der Waals surface area contributed by atoms with Gasteiger partial charge in [0.25, 0.3) is 5.91 Å². The highest BCUT2D eigenvalue weighted by molar-refractivity contribution is 7.16. The minimum Gasteiger partial charge on any atom is -0.493 e. The van der Waals surface area contributed by atoms with Crippen LogP contribution < -0.4 is 15.4 Å². The zero-order chi connectivity index (χ0) is 19.9. The first-order valence-electron chi connectivity index (χ1n) is 10.4. The van der Waals surface area contributed by atoms with Gasteiger partial charge in [0.2, 0.25) is 0 Å². The third-order valence-electron chi connectivity index (χ3n) is 6.59. The Hall–Kier alpha value is -2.01. The van der Waals surface area contributed by atoms with Gasteiger partial charge in [0.05, 0.1) is 12.2 Å². The Bertz CT molecular complexity index is 887. The molecule has 0 radical (unpaired) electrons. The normalized spacial score (nSPS) is 21.4. The van der Waals surface area contributed by atoms with E-state index < -0.39 is 0 Å². The summed E-state index contributed by atoms with van der Waals surface area (Å²) in [6.45, 7) is 9.61. The van der Waals surface area contributed by atoms with E-state index in [1.165, 1.54) is 23.3 Å². The molecule has 5 heteroatoms. The number of rotatable bonds is 5. The van der Waals surface area contributed by atoms with Crippen molar-refractivity contribution in [2.75, 3.05) is 11.9 Å². The molecule has 2 atom stereocenters. The monoisotopic (exact) mass is 398 g/mol. The third-order valence-corrected chi connectivity index (χ3v) is 7.78. The van der Waals surface area contributed by atoms with E-state index in [0.717, 1.165) is 34.7 Å². The lowest BCUT2D eigenvalue weighted by Crippen LogP contribution is -2.38. The molecule has 150 valence electrons. The molecule has 0 fully saturated rings. The van der Waals surface area contributed by atoms with Gasteiger partial charge in [-0.05, 0) is 49.1 Å². The van der Waals surface area contributed by atoms with E-state index in [-0.39, 0.29) is 12.1 Å². The highest BCUT2D eigenvalue weighted by atomic mass is 32.1. The Morgan fingerprint density at radius 2 is 2.00 bits per heavy atom. The second-order valence-electron chi connectivity index (χ2n) is 8.51. The number of benzene rings is 1. The Kier molecular flexibility index (Phi) is 5.13. The quantitative estimate of drug-likeness (QED) is 0.695. The maximum atomic E-state index is 13.0. The van der Waals surface area contributed by atoms with Gasteiger partial charge in [0, 0.05) is 10.4 Å². The molecule has 28 heavy (non-hydrogen) atoms. The number of carbonyl (C=O) groups excluding carboxylic acids is 1. The first kappa shape index (κ1) is 19.3. The van der Waals surface area contributed by atoms with Gasteiger partial charge in [-0.3, -0.25) is 4.79 Å². The minimum atomic E-state index is -0.259. The second kappa shape index (κ2) is 7.43. The topological polar surface area (TPSA) is 50.4 Å². The zero-order valence-electron chi connectivity index (χ0n) is 17.2. The molecule has 1 aliphatic carbocycles. The SMILES string of the molecule is CCOc1ccccc1[C@H]1NC(=O)c2c(sc3c2CC[C@H](C(C)(C)CC)C3)N1. The van der Waals surface area contributed by atoms with Crippen LogP contribution in [0.1, 0.15) is 73.1 Å². The van der Waals surface area contributed by atoms with Crippen LogP contribution in [0.3, 0.4) is 0 Å². The molecule has 0 spiro atoms. The molecule has 0 saturated carbocycles. The fourth-order valence-electron chi connectivity index (χ4n) is 4.42. The van der Waals surface area contributed by atoms with Gasteiger partial charge >= 0.3 is 0 Å². The van der Waals surface area contributed by atoms with Crippen molar-refractivity contribution in [3.05, 3.63) is 45.8 Å². The van der Waals surface area contributed by atoms with E-state index in [9.17, 15) is 4.79 Å².